The SMILES string of the molecule is Cn1nc(C(F)(F)F)c(Br)c1C(=O)Nc1nn(Cc2ccc(Cl)cc2Cl)cc1Br. The molecule has 0 bridgehead atoms. The maximum absolute atomic E-state index is 13.0. The van der Waals surface area contributed by atoms with Crippen LogP contribution in [0, 0.1) is 0 Å². The van der Waals surface area contributed by atoms with Gasteiger partial charge in [0.15, 0.2) is 11.5 Å². The van der Waals surface area contributed by atoms with Gasteiger partial charge in [0.25, 0.3) is 5.91 Å². The highest BCUT2D eigenvalue weighted by Crippen LogP contribution is 2.36. The molecule has 2 aromatic heterocycles. The van der Waals surface area contributed by atoms with E-state index in [1.54, 1.807) is 24.4 Å². The topological polar surface area (TPSA) is 64.7 Å². The van der Waals surface area contributed by atoms with E-state index in [2.05, 4.69) is 47.4 Å². The third-order valence-corrected chi connectivity index (χ3v) is 5.69. The van der Waals surface area contributed by atoms with E-state index in [9.17, 15) is 18.0 Å². The number of rotatable bonds is 4. The fraction of sp³-hybridized carbons (Fsp3) is 0.188. The second kappa shape index (κ2) is 8.29. The summed E-state index contributed by atoms with van der Waals surface area (Å²) >= 11 is 18.1. The molecule has 1 aromatic carbocycles. The summed E-state index contributed by atoms with van der Waals surface area (Å²) in [6, 6.07) is 5.02. The average Bonchev–Trinajstić information content (AvgIpc) is 3.09. The molecule has 0 aliphatic rings. The highest BCUT2D eigenvalue weighted by molar-refractivity contribution is 9.11. The number of halogens is 7. The number of carbonyl (C=O) groups excluding carboxylic acids is 1. The third-order valence-electron chi connectivity index (χ3n) is 3.77. The molecule has 2 heterocycles. The minimum atomic E-state index is -4.70. The van der Waals surface area contributed by atoms with E-state index in [0.717, 1.165) is 10.2 Å². The molecule has 0 radical (unpaired) electrons. The molecule has 0 aliphatic carbocycles. The van der Waals surface area contributed by atoms with E-state index in [4.69, 9.17) is 23.2 Å². The minimum Gasteiger partial charge on any atom is -0.303 e. The molecule has 0 saturated carbocycles. The zero-order valence-corrected chi connectivity index (χ0v) is 19.0. The van der Waals surface area contributed by atoms with E-state index in [1.807, 2.05) is 0 Å². The van der Waals surface area contributed by atoms with Gasteiger partial charge in [0.1, 0.15) is 5.69 Å². The lowest BCUT2D eigenvalue weighted by Crippen LogP contribution is -2.17. The highest BCUT2D eigenvalue weighted by Gasteiger charge is 2.39. The summed E-state index contributed by atoms with van der Waals surface area (Å²) in [5.41, 5.74) is -0.736. The summed E-state index contributed by atoms with van der Waals surface area (Å²) < 4.78 is 41.3. The van der Waals surface area contributed by atoms with E-state index in [1.165, 1.54) is 11.7 Å². The van der Waals surface area contributed by atoms with Crippen molar-refractivity contribution in [2.45, 2.75) is 12.7 Å². The zero-order valence-electron chi connectivity index (χ0n) is 14.4. The molecule has 29 heavy (non-hydrogen) atoms. The number of aromatic nitrogens is 4. The summed E-state index contributed by atoms with van der Waals surface area (Å²) in [6.07, 6.45) is -3.10. The molecule has 1 N–H and O–H groups in total. The predicted molar refractivity (Wildman–Crippen MR) is 109 cm³/mol. The van der Waals surface area contributed by atoms with Crippen molar-refractivity contribution in [3.8, 4) is 0 Å². The number of alkyl halides is 3. The number of amides is 1. The van der Waals surface area contributed by atoms with Crippen molar-refractivity contribution in [1.82, 2.24) is 19.6 Å². The summed E-state index contributed by atoms with van der Waals surface area (Å²) in [4.78, 5) is 12.5. The Morgan fingerprint density at radius 2 is 1.93 bits per heavy atom. The van der Waals surface area contributed by atoms with Crippen LogP contribution in [0.5, 0.6) is 0 Å². The molecule has 0 atom stereocenters. The number of nitrogens with one attached hydrogen (secondary N) is 1. The summed E-state index contributed by atoms with van der Waals surface area (Å²) in [5.74, 6) is -0.681. The summed E-state index contributed by atoms with van der Waals surface area (Å²) in [7, 11) is 1.24. The van der Waals surface area contributed by atoms with Crippen LogP contribution >= 0.6 is 55.1 Å². The van der Waals surface area contributed by atoms with Gasteiger partial charge in [-0.15, -0.1) is 0 Å². The summed E-state index contributed by atoms with van der Waals surface area (Å²) in [5, 5.41) is 11.0. The molecular weight excluding hydrogens is 566 g/mol. The number of aryl methyl sites for hydroxylation is 1. The Hall–Kier alpha value is -1.56. The van der Waals surface area contributed by atoms with Crippen molar-refractivity contribution in [1.29, 1.82) is 0 Å². The van der Waals surface area contributed by atoms with Gasteiger partial charge in [0.05, 0.1) is 15.5 Å². The molecule has 154 valence electrons. The number of nitrogens with zero attached hydrogens (tertiary/aromatic N) is 4. The van der Waals surface area contributed by atoms with Crippen LogP contribution in [0.2, 0.25) is 10.0 Å². The Bertz CT molecular complexity index is 1100. The van der Waals surface area contributed by atoms with E-state index in [-0.39, 0.29) is 18.1 Å². The van der Waals surface area contributed by atoms with Crippen LogP contribution in [0.4, 0.5) is 19.0 Å². The molecule has 0 saturated heterocycles. The Morgan fingerprint density at radius 1 is 1.24 bits per heavy atom. The van der Waals surface area contributed by atoms with Gasteiger partial charge in [-0.2, -0.15) is 23.4 Å². The van der Waals surface area contributed by atoms with Crippen molar-refractivity contribution < 1.29 is 18.0 Å². The predicted octanol–water partition coefficient (Wildman–Crippen LogP) is 5.77. The van der Waals surface area contributed by atoms with Gasteiger partial charge in [-0.1, -0.05) is 29.3 Å². The monoisotopic (exact) mass is 573 g/mol. The standard InChI is InChI=1S/C16H10Br2Cl2F3N5O/c1-27-12(11(18)13(25-27)16(21,22)23)15(29)24-14-9(17)6-28(26-14)5-7-2-3-8(19)4-10(7)20/h2-4,6H,5H2,1H3,(H,24,26,29). The number of benzene rings is 1. The van der Waals surface area contributed by atoms with E-state index >= 15 is 0 Å². The normalized spacial score (nSPS) is 11.7. The van der Waals surface area contributed by atoms with Gasteiger partial charge < -0.3 is 5.32 Å². The van der Waals surface area contributed by atoms with E-state index in [0.29, 0.717) is 14.5 Å². The van der Waals surface area contributed by atoms with Crippen molar-refractivity contribution in [3.05, 3.63) is 60.3 Å². The van der Waals surface area contributed by atoms with Crippen molar-refractivity contribution in [2.75, 3.05) is 5.32 Å². The quantitative estimate of drug-likeness (QED) is 0.430. The van der Waals surface area contributed by atoms with Crippen LogP contribution in [0.1, 0.15) is 21.7 Å². The van der Waals surface area contributed by atoms with Crippen LogP contribution in [0.3, 0.4) is 0 Å². The number of anilines is 1. The second-order valence-electron chi connectivity index (χ2n) is 5.85. The van der Waals surface area contributed by atoms with Crippen LogP contribution in [-0.2, 0) is 19.8 Å². The first kappa shape index (κ1) is 22.1. The Morgan fingerprint density at radius 3 is 2.52 bits per heavy atom. The summed E-state index contributed by atoms with van der Waals surface area (Å²) in [6.45, 7) is 0.290. The van der Waals surface area contributed by atoms with Crippen molar-refractivity contribution in [2.24, 2.45) is 7.05 Å². The van der Waals surface area contributed by atoms with Gasteiger partial charge in [-0.05, 0) is 49.6 Å². The Kier molecular flexibility index (Phi) is 6.32. The lowest BCUT2D eigenvalue weighted by atomic mass is 10.2. The molecule has 0 unspecified atom stereocenters. The maximum Gasteiger partial charge on any atom is 0.436 e. The molecule has 1 amide bonds. The Labute approximate surface area is 189 Å². The van der Waals surface area contributed by atoms with Crippen molar-refractivity contribution >= 4 is 66.8 Å². The molecule has 0 fully saturated rings. The molecule has 3 rings (SSSR count). The van der Waals surface area contributed by atoms with Gasteiger partial charge in [0, 0.05) is 23.3 Å². The Balaban J connectivity index is 1.83. The van der Waals surface area contributed by atoms with Crippen molar-refractivity contribution in [3.63, 3.8) is 0 Å². The van der Waals surface area contributed by atoms with E-state index < -0.39 is 22.3 Å². The average molecular weight is 576 g/mol. The number of carbonyl (C=O) groups is 1. The molecule has 0 aliphatic heterocycles. The minimum absolute atomic E-state index is 0.127. The van der Waals surface area contributed by atoms with Gasteiger partial charge in [-0.25, -0.2) is 0 Å². The van der Waals surface area contributed by atoms with Crippen LogP contribution in [-0.4, -0.2) is 25.5 Å². The number of hydrogen-bond donors (Lipinski definition) is 1. The molecule has 13 heteroatoms. The molecular formula is C16H10Br2Cl2F3N5O. The highest BCUT2D eigenvalue weighted by atomic mass is 79.9. The molecule has 6 nitrogen and oxygen atoms in total. The smallest absolute Gasteiger partial charge is 0.303 e. The third kappa shape index (κ3) is 4.79. The van der Waals surface area contributed by atoms with Crippen LogP contribution in [0.25, 0.3) is 0 Å². The first-order chi connectivity index (χ1) is 13.5. The first-order valence-corrected chi connectivity index (χ1v) is 10.1. The van der Waals surface area contributed by atoms with Gasteiger partial charge >= 0.3 is 6.18 Å². The molecule has 0 spiro atoms. The van der Waals surface area contributed by atoms with Crippen LogP contribution in [0.15, 0.2) is 33.3 Å². The second-order valence-corrected chi connectivity index (χ2v) is 8.34. The van der Waals surface area contributed by atoms with Gasteiger partial charge in [0.2, 0.25) is 0 Å². The lowest BCUT2D eigenvalue weighted by molar-refractivity contribution is -0.142. The van der Waals surface area contributed by atoms with Crippen LogP contribution < -0.4 is 5.32 Å². The fourth-order valence-electron chi connectivity index (χ4n) is 2.48. The molecule has 3 aromatic rings. The lowest BCUT2D eigenvalue weighted by Gasteiger charge is -2.06. The number of hydrogen-bond acceptors (Lipinski definition) is 3. The maximum atomic E-state index is 13.0. The fourth-order valence-corrected chi connectivity index (χ4v) is 4.10. The largest absolute Gasteiger partial charge is 0.436 e. The first-order valence-electron chi connectivity index (χ1n) is 7.75. The zero-order chi connectivity index (χ0) is 21.5. The van der Waals surface area contributed by atoms with Gasteiger partial charge in [-0.3, -0.25) is 14.2 Å².